The summed E-state index contributed by atoms with van der Waals surface area (Å²) in [7, 11) is 0. The van der Waals surface area contributed by atoms with Crippen LogP contribution in [0.15, 0.2) is 64.1 Å². The SMILES string of the molecule is CC1CCC=CC1=NCCCCC1=C(NC(=O)C2C=CC(F)=CC2)C=C(C(=O)NCCCN2CCCC2=O)CC1. The summed E-state index contributed by atoms with van der Waals surface area (Å²) >= 11 is 0. The topological polar surface area (TPSA) is 90.9 Å². The van der Waals surface area contributed by atoms with E-state index in [2.05, 4.69) is 29.7 Å². The second-order valence-electron chi connectivity index (χ2n) is 11.2. The van der Waals surface area contributed by atoms with Gasteiger partial charge in [0.2, 0.25) is 17.7 Å². The third-order valence-electron chi connectivity index (χ3n) is 8.14. The fourth-order valence-electron chi connectivity index (χ4n) is 5.60. The third-order valence-corrected chi connectivity index (χ3v) is 8.14. The Morgan fingerprint density at radius 3 is 2.77 bits per heavy atom. The van der Waals surface area contributed by atoms with Gasteiger partial charge < -0.3 is 15.5 Å². The highest BCUT2D eigenvalue weighted by atomic mass is 19.1. The molecule has 8 heteroatoms. The number of nitrogens with one attached hydrogen (secondary N) is 2. The highest BCUT2D eigenvalue weighted by molar-refractivity contribution is 5.97. The van der Waals surface area contributed by atoms with Crippen LogP contribution in [-0.2, 0) is 14.4 Å². The monoisotopic (exact) mass is 550 g/mol. The fourth-order valence-corrected chi connectivity index (χ4v) is 5.60. The molecule has 0 aromatic heterocycles. The van der Waals surface area contributed by atoms with E-state index in [1.54, 1.807) is 6.08 Å². The number of carbonyl (C=O) groups excluding carboxylic acids is 3. The van der Waals surface area contributed by atoms with Gasteiger partial charge in [-0.1, -0.05) is 19.1 Å². The predicted octanol–water partition coefficient (Wildman–Crippen LogP) is 5.23. The van der Waals surface area contributed by atoms with E-state index in [1.807, 2.05) is 11.0 Å². The smallest absolute Gasteiger partial charge is 0.247 e. The summed E-state index contributed by atoms with van der Waals surface area (Å²) in [6, 6.07) is 0. The minimum Gasteiger partial charge on any atom is -0.352 e. The van der Waals surface area contributed by atoms with Crippen molar-refractivity contribution in [3.63, 3.8) is 0 Å². The van der Waals surface area contributed by atoms with Crippen LogP contribution >= 0.6 is 0 Å². The largest absolute Gasteiger partial charge is 0.352 e. The zero-order valence-corrected chi connectivity index (χ0v) is 23.7. The number of aliphatic imine (C=N–C) groups is 1. The third kappa shape index (κ3) is 8.60. The van der Waals surface area contributed by atoms with Crippen LogP contribution in [0, 0.1) is 11.8 Å². The highest BCUT2D eigenvalue weighted by Gasteiger charge is 2.23. The maximum atomic E-state index is 13.4. The summed E-state index contributed by atoms with van der Waals surface area (Å²) in [5, 5.41) is 6.03. The molecule has 2 unspecified atom stereocenters. The first-order valence-corrected chi connectivity index (χ1v) is 14.9. The molecule has 40 heavy (non-hydrogen) atoms. The van der Waals surface area contributed by atoms with Crippen molar-refractivity contribution < 1.29 is 18.8 Å². The van der Waals surface area contributed by atoms with Crippen molar-refractivity contribution in [2.75, 3.05) is 26.2 Å². The van der Waals surface area contributed by atoms with E-state index in [0.717, 1.165) is 57.2 Å². The summed E-state index contributed by atoms with van der Waals surface area (Å²) in [5.74, 6) is -0.371. The van der Waals surface area contributed by atoms with Crippen molar-refractivity contribution >= 4 is 23.4 Å². The molecule has 216 valence electrons. The fraction of sp³-hybridized carbons (Fsp3) is 0.562. The molecule has 2 atom stereocenters. The first-order valence-electron chi connectivity index (χ1n) is 14.9. The van der Waals surface area contributed by atoms with Crippen molar-refractivity contribution in [3.05, 3.63) is 59.1 Å². The van der Waals surface area contributed by atoms with Gasteiger partial charge in [-0.2, -0.15) is 0 Å². The second kappa shape index (κ2) is 14.9. The van der Waals surface area contributed by atoms with E-state index in [1.165, 1.54) is 17.9 Å². The van der Waals surface area contributed by atoms with E-state index in [-0.39, 0.29) is 23.5 Å². The maximum Gasteiger partial charge on any atom is 0.247 e. The minimum atomic E-state index is -0.435. The molecule has 2 N–H and O–H groups in total. The quantitative estimate of drug-likeness (QED) is 0.326. The molecule has 1 aliphatic heterocycles. The molecule has 0 aromatic carbocycles. The standard InChI is InChI=1S/C32H43FN4O3/c1-23-8-2-3-10-28(23)34-18-5-4-9-24-12-13-26(31(39)35-19-7-21-37-20-6-11-30(37)38)22-29(24)36-32(40)25-14-16-27(33)17-15-25/h3,10,14,16-17,22-23,25H,2,4-9,11-13,15,18-21H2,1H3,(H,35,39)(H,36,40). The average Bonchev–Trinajstić information content (AvgIpc) is 3.37. The van der Waals surface area contributed by atoms with E-state index in [0.29, 0.717) is 62.4 Å². The number of unbranched alkanes of at least 4 members (excludes halogenated alkanes) is 1. The number of carbonyl (C=O) groups is 3. The lowest BCUT2D eigenvalue weighted by molar-refractivity contribution is -0.127. The molecular formula is C32H43FN4O3. The molecule has 1 fully saturated rings. The van der Waals surface area contributed by atoms with Gasteiger partial charge in [-0.15, -0.1) is 0 Å². The minimum absolute atomic E-state index is 0.133. The van der Waals surface area contributed by atoms with Gasteiger partial charge in [-0.25, -0.2) is 4.39 Å². The number of rotatable bonds is 12. The molecule has 0 bridgehead atoms. The van der Waals surface area contributed by atoms with E-state index >= 15 is 0 Å². The lowest BCUT2D eigenvalue weighted by Gasteiger charge is -2.23. The van der Waals surface area contributed by atoms with Gasteiger partial charge in [-0.3, -0.25) is 19.4 Å². The zero-order valence-electron chi connectivity index (χ0n) is 23.7. The van der Waals surface area contributed by atoms with Gasteiger partial charge in [0.25, 0.3) is 0 Å². The van der Waals surface area contributed by atoms with Crippen LogP contribution in [0.1, 0.15) is 77.6 Å². The molecule has 1 saturated heterocycles. The van der Waals surface area contributed by atoms with Crippen LogP contribution in [-0.4, -0.2) is 54.5 Å². The average molecular weight is 551 g/mol. The Hall–Kier alpha value is -3.29. The Kier molecular flexibility index (Phi) is 11.1. The Morgan fingerprint density at radius 1 is 1.15 bits per heavy atom. The van der Waals surface area contributed by atoms with Crippen LogP contribution in [0.4, 0.5) is 4.39 Å². The molecule has 1 heterocycles. The van der Waals surface area contributed by atoms with Gasteiger partial charge in [0.1, 0.15) is 5.83 Å². The summed E-state index contributed by atoms with van der Waals surface area (Å²) in [6.07, 6.45) is 19.4. The van der Waals surface area contributed by atoms with Crippen molar-refractivity contribution in [1.29, 1.82) is 0 Å². The van der Waals surface area contributed by atoms with Crippen LogP contribution in [0.25, 0.3) is 0 Å². The maximum absolute atomic E-state index is 13.4. The molecule has 7 nitrogen and oxygen atoms in total. The number of hydrogen-bond acceptors (Lipinski definition) is 4. The van der Waals surface area contributed by atoms with Crippen molar-refractivity contribution in [3.8, 4) is 0 Å². The summed E-state index contributed by atoms with van der Waals surface area (Å²) in [4.78, 5) is 44.4. The molecule has 0 spiro atoms. The van der Waals surface area contributed by atoms with Crippen LogP contribution in [0.5, 0.6) is 0 Å². The van der Waals surface area contributed by atoms with Crippen molar-refractivity contribution in [2.24, 2.45) is 16.8 Å². The molecular weight excluding hydrogens is 507 g/mol. The Morgan fingerprint density at radius 2 is 2.02 bits per heavy atom. The molecule has 4 rings (SSSR count). The summed E-state index contributed by atoms with van der Waals surface area (Å²) in [6.45, 7) is 4.98. The van der Waals surface area contributed by atoms with E-state index < -0.39 is 5.92 Å². The van der Waals surface area contributed by atoms with Gasteiger partial charge in [0.15, 0.2) is 0 Å². The number of allylic oxidation sites excluding steroid dienone is 7. The Balaban J connectivity index is 1.34. The summed E-state index contributed by atoms with van der Waals surface area (Å²) in [5.41, 5.74) is 3.67. The number of halogens is 1. The van der Waals surface area contributed by atoms with Crippen LogP contribution in [0.2, 0.25) is 0 Å². The molecule has 3 aliphatic carbocycles. The number of likely N-dealkylation sites (tertiary alicyclic amines) is 1. The Labute approximate surface area is 237 Å². The predicted molar refractivity (Wildman–Crippen MR) is 156 cm³/mol. The Bertz CT molecular complexity index is 1150. The second-order valence-corrected chi connectivity index (χ2v) is 11.2. The molecule has 0 saturated carbocycles. The normalized spacial score (nSPS) is 23.9. The van der Waals surface area contributed by atoms with Gasteiger partial charge in [0.05, 0.1) is 5.92 Å². The molecule has 0 aromatic rings. The van der Waals surface area contributed by atoms with Gasteiger partial charge >= 0.3 is 0 Å². The first kappa shape index (κ1) is 29.7. The van der Waals surface area contributed by atoms with E-state index in [4.69, 9.17) is 4.99 Å². The van der Waals surface area contributed by atoms with Crippen molar-refractivity contribution in [1.82, 2.24) is 15.5 Å². The number of hydrogen-bond donors (Lipinski definition) is 2. The zero-order chi connectivity index (χ0) is 28.3. The molecule has 4 aliphatic rings. The first-order chi connectivity index (χ1) is 19.4. The van der Waals surface area contributed by atoms with E-state index in [9.17, 15) is 18.8 Å². The van der Waals surface area contributed by atoms with Gasteiger partial charge in [-0.05, 0) is 100 Å². The lowest BCUT2D eigenvalue weighted by Crippen LogP contribution is -2.33. The molecule has 3 amide bonds. The molecule has 0 radical (unpaired) electrons. The highest BCUT2D eigenvalue weighted by Crippen LogP contribution is 2.28. The number of nitrogens with zero attached hydrogens (tertiary/aromatic N) is 2. The van der Waals surface area contributed by atoms with Gasteiger partial charge in [0, 0.05) is 49.6 Å². The van der Waals surface area contributed by atoms with Crippen LogP contribution in [0.3, 0.4) is 0 Å². The summed E-state index contributed by atoms with van der Waals surface area (Å²) < 4.78 is 13.4. The van der Waals surface area contributed by atoms with Crippen molar-refractivity contribution in [2.45, 2.75) is 77.6 Å². The van der Waals surface area contributed by atoms with Crippen LogP contribution < -0.4 is 10.6 Å². The lowest BCUT2D eigenvalue weighted by atomic mass is 9.91. The number of amides is 3.